The van der Waals surface area contributed by atoms with Crippen LogP contribution in [0.3, 0.4) is 0 Å². The van der Waals surface area contributed by atoms with Crippen molar-refractivity contribution in [2.45, 2.75) is 37.1 Å². The SMILES string of the molecule is Fc1ccc(C2(CCCN3CCC4(CC3)Nc3ccccc3N4)OCCO2)cc1. The molecule has 0 aliphatic carbocycles. The highest BCUT2D eigenvalue weighted by atomic mass is 19.1. The van der Waals surface area contributed by atoms with Gasteiger partial charge in [0.2, 0.25) is 0 Å². The standard InChI is InChI=1S/C23H28FN3O2/c24-19-8-6-18(7-9-19)23(28-16-17-29-23)10-3-13-27-14-11-22(12-15-27)25-20-4-1-2-5-21(20)26-22/h1-2,4-9,25-26H,3,10-17H2. The molecule has 0 saturated carbocycles. The minimum Gasteiger partial charge on any atom is -0.361 e. The van der Waals surface area contributed by atoms with Crippen LogP contribution in [-0.2, 0) is 15.3 Å². The van der Waals surface area contributed by atoms with E-state index in [1.54, 1.807) is 12.1 Å². The van der Waals surface area contributed by atoms with Crippen LogP contribution >= 0.6 is 0 Å². The van der Waals surface area contributed by atoms with Crippen LogP contribution in [0.25, 0.3) is 0 Å². The van der Waals surface area contributed by atoms with Crippen molar-refractivity contribution < 1.29 is 13.9 Å². The Kier molecular flexibility index (Phi) is 4.94. The Bertz CT molecular complexity index is 816. The van der Waals surface area contributed by atoms with Gasteiger partial charge in [-0.3, -0.25) is 0 Å². The summed E-state index contributed by atoms with van der Waals surface area (Å²) in [6.07, 6.45) is 3.89. The van der Waals surface area contributed by atoms with E-state index in [0.29, 0.717) is 13.2 Å². The number of nitrogens with one attached hydrogen (secondary N) is 2. The molecule has 29 heavy (non-hydrogen) atoms. The first-order valence-corrected chi connectivity index (χ1v) is 10.6. The number of hydrogen-bond acceptors (Lipinski definition) is 5. The molecular formula is C23H28FN3O2. The molecule has 1 spiro atoms. The van der Waals surface area contributed by atoms with Crippen LogP contribution in [-0.4, -0.2) is 43.4 Å². The van der Waals surface area contributed by atoms with Crippen LogP contribution in [0.5, 0.6) is 0 Å². The van der Waals surface area contributed by atoms with Crippen LogP contribution in [0.15, 0.2) is 48.5 Å². The maximum absolute atomic E-state index is 13.3. The number of piperidine rings is 1. The Labute approximate surface area is 171 Å². The molecular weight excluding hydrogens is 369 g/mol. The fourth-order valence-electron chi connectivity index (χ4n) is 4.81. The van der Waals surface area contributed by atoms with Crippen molar-refractivity contribution >= 4 is 11.4 Å². The molecule has 0 atom stereocenters. The molecule has 5 rings (SSSR count). The summed E-state index contributed by atoms with van der Waals surface area (Å²) in [5.41, 5.74) is 3.31. The van der Waals surface area contributed by atoms with Crippen molar-refractivity contribution in [1.29, 1.82) is 0 Å². The second-order valence-corrected chi connectivity index (χ2v) is 8.28. The van der Waals surface area contributed by atoms with Crippen LogP contribution in [0.1, 0.15) is 31.2 Å². The summed E-state index contributed by atoms with van der Waals surface area (Å²) in [5.74, 6) is -0.957. The predicted molar refractivity (Wildman–Crippen MR) is 111 cm³/mol. The van der Waals surface area contributed by atoms with Crippen molar-refractivity contribution in [2.24, 2.45) is 0 Å². The number of para-hydroxylation sites is 2. The first-order chi connectivity index (χ1) is 14.2. The molecule has 5 nitrogen and oxygen atoms in total. The molecule has 2 saturated heterocycles. The maximum Gasteiger partial charge on any atom is 0.195 e. The number of hydrogen-bond donors (Lipinski definition) is 2. The van der Waals surface area contributed by atoms with Gasteiger partial charge >= 0.3 is 0 Å². The summed E-state index contributed by atoms with van der Waals surface area (Å²) in [4.78, 5) is 2.52. The number of halogens is 1. The highest BCUT2D eigenvalue weighted by Crippen LogP contribution is 2.39. The lowest BCUT2D eigenvalue weighted by atomic mass is 9.96. The molecule has 2 aromatic carbocycles. The van der Waals surface area contributed by atoms with E-state index in [1.807, 2.05) is 0 Å². The third kappa shape index (κ3) is 3.72. The summed E-state index contributed by atoms with van der Waals surface area (Å²) in [7, 11) is 0. The molecule has 0 unspecified atom stereocenters. The van der Waals surface area contributed by atoms with Gasteiger partial charge in [0.1, 0.15) is 11.5 Å². The average molecular weight is 397 g/mol. The van der Waals surface area contributed by atoms with Crippen LogP contribution < -0.4 is 10.6 Å². The molecule has 154 valence electrons. The normalized spacial score (nSPS) is 22.2. The monoisotopic (exact) mass is 397 g/mol. The second kappa shape index (κ2) is 7.59. The smallest absolute Gasteiger partial charge is 0.195 e. The van der Waals surface area contributed by atoms with E-state index in [9.17, 15) is 4.39 Å². The molecule has 3 aliphatic rings. The van der Waals surface area contributed by atoms with Crippen LogP contribution in [0.4, 0.5) is 15.8 Å². The number of ether oxygens (including phenoxy) is 2. The lowest BCUT2D eigenvalue weighted by Crippen LogP contribution is -2.51. The number of nitrogens with zero attached hydrogens (tertiary/aromatic N) is 1. The van der Waals surface area contributed by atoms with Gasteiger partial charge in [-0.1, -0.05) is 24.3 Å². The molecule has 2 N–H and O–H groups in total. The summed E-state index contributed by atoms with van der Waals surface area (Å²) >= 11 is 0. The van der Waals surface area contributed by atoms with E-state index in [2.05, 4.69) is 39.8 Å². The van der Waals surface area contributed by atoms with Crippen molar-refractivity contribution in [3.8, 4) is 0 Å². The molecule has 0 bridgehead atoms. The van der Waals surface area contributed by atoms with Gasteiger partial charge in [0, 0.05) is 37.9 Å². The molecule has 3 aliphatic heterocycles. The molecule has 0 radical (unpaired) electrons. The summed E-state index contributed by atoms with van der Waals surface area (Å²) in [5, 5.41) is 7.39. The molecule has 6 heteroatoms. The van der Waals surface area contributed by atoms with Crippen LogP contribution in [0.2, 0.25) is 0 Å². The van der Waals surface area contributed by atoms with Crippen molar-refractivity contribution in [1.82, 2.24) is 4.90 Å². The van der Waals surface area contributed by atoms with E-state index in [0.717, 1.165) is 50.9 Å². The summed E-state index contributed by atoms with van der Waals surface area (Å²) < 4.78 is 25.3. The highest BCUT2D eigenvalue weighted by Gasteiger charge is 2.40. The van der Waals surface area contributed by atoms with E-state index in [-0.39, 0.29) is 11.5 Å². The van der Waals surface area contributed by atoms with Gasteiger partial charge in [-0.15, -0.1) is 0 Å². The van der Waals surface area contributed by atoms with Gasteiger partial charge in [-0.2, -0.15) is 0 Å². The Morgan fingerprint density at radius 3 is 2.14 bits per heavy atom. The fraction of sp³-hybridized carbons (Fsp3) is 0.478. The Hall–Kier alpha value is -2.15. The van der Waals surface area contributed by atoms with Gasteiger partial charge in [0.25, 0.3) is 0 Å². The maximum atomic E-state index is 13.3. The van der Waals surface area contributed by atoms with Gasteiger partial charge in [-0.25, -0.2) is 4.39 Å². The van der Waals surface area contributed by atoms with Gasteiger partial charge in [0.05, 0.1) is 24.6 Å². The minimum absolute atomic E-state index is 0.00675. The molecule has 0 amide bonds. The van der Waals surface area contributed by atoms with E-state index in [4.69, 9.17) is 9.47 Å². The zero-order valence-corrected chi connectivity index (χ0v) is 16.6. The van der Waals surface area contributed by atoms with Gasteiger partial charge in [0.15, 0.2) is 5.79 Å². The zero-order chi connectivity index (χ0) is 19.7. The third-order valence-electron chi connectivity index (χ3n) is 6.40. The number of anilines is 2. The number of likely N-dealkylation sites (tertiary alicyclic amines) is 1. The van der Waals surface area contributed by atoms with Crippen molar-refractivity contribution in [2.75, 3.05) is 43.5 Å². The topological polar surface area (TPSA) is 45.8 Å². The molecule has 2 aromatic rings. The highest BCUT2D eigenvalue weighted by molar-refractivity contribution is 5.76. The first kappa shape index (κ1) is 18.9. The molecule has 2 fully saturated rings. The quantitative estimate of drug-likeness (QED) is 0.794. The number of rotatable bonds is 5. The molecule has 3 heterocycles. The Morgan fingerprint density at radius 1 is 0.897 bits per heavy atom. The predicted octanol–water partition coefficient (Wildman–Crippen LogP) is 4.14. The van der Waals surface area contributed by atoms with Gasteiger partial charge < -0.3 is 25.0 Å². The fourth-order valence-corrected chi connectivity index (χ4v) is 4.81. The average Bonchev–Trinajstić information content (AvgIpc) is 3.35. The number of fused-ring (bicyclic) bond motifs is 1. The second-order valence-electron chi connectivity index (χ2n) is 8.28. The first-order valence-electron chi connectivity index (χ1n) is 10.6. The van der Waals surface area contributed by atoms with Crippen LogP contribution in [0, 0.1) is 5.82 Å². The molecule has 0 aromatic heterocycles. The largest absolute Gasteiger partial charge is 0.361 e. The van der Waals surface area contributed by atoms with E-state index in [1.165, 1.54) is 23.5 Å². The van der Waals surface area contributed by atoms with E-state index >= 15 is 0 Å². The summed E-state index contributed by atoms with van der Waals surface area (Å²) in [6.45, 7) is 4.29. The lowest BCUT2D eigenvalue weighted by Gasteiger charge is -2.40. The van der Waals surface area contributed by atoms with Gasteiger partial charge in [-0.05, 0) is 37.2 Å². The van der Waals surface area contributed by atoms with Crippen molar-refractivity contribution in [3.05, 3.63) is 59.9 Å². The Balaban J connectivity index is 1.14. The lowest BCUT2D eigenvalue weighted by molar-refractivity contribution is -0.172. The summed E-state index contributed by atoms with van der Waals surface area (Å²) in [6, 6.07) is 14.9. The zero-order valence-electron chi connectivity index (χ0n) is 16.6. The van der Waals surface area contributed by atoms with Crippen molar-refractivity contribution in [3.63, 3.8) is 0 Å². The Morgan fingerprint density at radius 2 is 1.52 bits per heavy atom. The van der Waals surface area contributed by atoms with E-state index < -0.39 is 5.79 Å². The minimum atomic E-state index is -0.721. The number of benzene rings is 2. The third-order valence-corrected chi connectivity index (χ3v) is 6.40.